The average molecular weight is 311 g/mol. The van der Waals surface area contributed by atoms with Crippen LogP contribution in [0.15, 0.2) is 42.5 Å². The molecule has 2 amide bonds. The van der Waals surface area contributed by atoms with E-state index in [2.05, 4.69) is 22.4 Å². The molecule has 0 saturated carbocycles. The molecule has 23 heavy (non-hydrogen) atoms. The van der Waals surface area contributed by atoms with Crippen LogP contribution >= 0.6 is 0 Å². The van der Waals surface area contributed by atoms with E-state index in [0.717, 1.165) is 31.0 Å². The predicted octanol–water partition coefficient (Wildman–Crippen LogP) is 3.42. The third kappa shape index (κ3) is 3.62. The molecule has 0 unspecified atom stereocenters. The number of urea groups is 1. The monoisotopic (exact) mass is 311 g/mol. The molecule has 0 radical (unpaired) electrons. The maximum atomic E-state index is 12.4. The molecule has 1 aliphatic rings. The zero-order valence-corrected chi connectivity index (χ0v) is 13.5. The fourth-order valence-corrected chi connectivity index (χ4v) is 2.89. The van der Waals surface area contributed by atoms with Gasteiger partial charge in [-0.3, -0.25) is 5.32 Å². The highest BCUT2D eigenvalue weighted by atomic mass is 16.5. The number of benzene rings is 1. The summed E-state index contributed by atoms with van der Waals surface area (Å²) in [4.78, 5) is 18.5. The summed E-state index contributed by atoms with van der Waals surface area (Å²) in [6, 6.07) is 13.6. The Kier molecular flexibility index (Phi) is 4.46. The summed E-state index contributed by atoms with van der Waals surface area (Å²) in [6.07, 6.45) is 0.973. The number of rotatable bonds is 3. The number of carbonyl (C=O) groups is 1. The maximum absolute atomic E-state index is 12.4. The van der Waals surface area contributed by atoms with Crippen LogP contribution in [0.1, 0.15) is 23.6 Å². The molecule has 1 atom stereocenters. The quantitative estimate of drug-likeness (QED) is 0.945. The predicted molar refractivity (Wildman–Crippen MR) is 89.9 cm³/mol. The smallest absolute Gasteiger partial charge is 0.323 e. The Morgan fingerprint density at radius 1 is 1.26 bits per heavy atom. The van der Waals surface area contributed by atoms with E-state index >= 15 is 0 Å². The van der Waals surface area contributed by atoms with Gasteiger partial charge in [0, 0.05) is 24.7 Å². The number of aromatic nitrogens is 1. The van der Waals surface area contributed by atoms with Gasteiger partial charge in [0.25, 0.3) is 0 Å². The first-order valence-corrected chi connectivity index (χ1v) is 7.79. The molecule has 0 aliphatic carbocycles. The molecular weight excluding hydrogens is 290 g/mol. The van der Waals surface area contributed by atoms with Crippen molar-refractivity contribution in [3.63, 3.8) is 0 Å². The first-order valence-electron chi connectivity index (χ1n) is 7.79. The van der Waals surface area contributed by atoms with E-state index in [1.807, 2.05) is 42.2 Å². The van der Waals surface area contributed by atoms with Crippen molar-refractivity contribution in [1.29, 1.82) is 0 Å². The lowest BCUT2D eigenvalue weighted by Gasteiger charge is -2.17. The van der Waals surface area contributed by atoms with Gasteiger partial charge in [0.05, 0.1) is 7.11 Å². The number of likely N-dealkylation sites (tertiary alicyclic amines) is 1. The Morgan fingerprint density at radius 3 is 2.74 bits per heavy atom. The molecule has 1 saturated heterocycles. The molecule has 1 fully saturated rings. The van der Waals surface area contributed by atoms with Gasteiger partial charge in [0.1, 0.15) is 11.6 Å². The highest BCUT2D eigenvalue weighted by Crippen LogP contribution is 2.28. The standard InChI is InChI=1S/C18H21N3O2/c1-13-4-3-5-17(19-13)20-18(22)21-11-10-15(12-21)14-6-8-16(23-2)9-7-14/h3-9,15H,10-12H2,1-2H3,(H,19,20,22)/t15-/m1/s1. The van der Waals surface area contributed by atoms with Crippen molar-refractivity contribution < 1.29 is 9.53 Å². The molecule has 1 N–H and O–H groups in total. The number of ether oxygens (including phenoxy) is 1. The zero-order chi connectivity index (χ0) is 16.2. The Labute approximate surface area is 136 Å². The highest BCUT2D eigenvalue weighted by molar-refractivity contribution is 5.88. The fraction of sp³-hybridized carbons (Fsp3) is 0.333. The number of hydrogen-bond acceptors (Lipinski definition) is 3. The second-order valence-electron chi connectivity index (χ2n) is 5.80. The number of nitrogens with one attached hydrogen (secondary N) is 1. The van der Waals surface area contributed by atoms with Gasteiger partial charge < -0.3 is 9.64 Å². The van der Waals surface area contributed by atoms with Gasteiger partial charge in [-0.2, -0.15) is 0 Å². The largest absolute Gasteiger partial charge is 0.497 e. The Balaban J connectivity index is 1.61. The van der Waals surface area contributed by atoms with Crippen LogP contribution in [0.3, 0.4) is 0 Å². The summed E-state index contributed by atoms with van der Waals surface area (Å²) in [5.74, 6) is 1.83. The van der Waals surface area contributed by atoms with Crippen LogP contribution in [0.4, 0.5) is 10.6 Å². The van der Waals surface area contributed by atoms with Gasteiger partial charge in [0.2, 0.25) is 0 Å². The van der Waals surface area contributed by atoms with E-state index in [9.17, 15) is 4.79 Å². The molecule has 5 nitrogen and oxygen atoms in total. The van der Waals surface area contributed by atoms with Gasteiger partial charge in [-0.15, -0.1) is 0 Å². The third-order valence-electron chi connectivity index (χ3n) is 4.19. The Bertz CT molecular complexity index is 685. The van der Waals surface area contributed by atoms with Gasteiger partial charge in [-0.1, -0.05) is 18.2 Å². The number of carbonyl (C=O) groups excluding carboxylic acids is 1. The van der Waals surface area contributed by atoms with Crippen LogP contribution in [0.5, 0.6) is 5.75 Å². The van der Waals surface area contributed by atoms with E-state index in [1.54, 1.807) is 7.11 Å². The molecule has 120 valence electrons. The van der Waals surface area contributed by atoms with E-state index in [4.69, 9.17) is 4.74 Å². The summed E-state index contributed by atoms with van der Waals surface area (Å²) in [5.41, 5.74) is 2.13. The van der Waals surface area contributed by atoms with Crippen LogP contribution in [0, 0.1) is 6.92 Å². The third-order valence-corrected chi connectivity index (χ3v) is 4.19. The number of aryl methyl sites for hydroxylation is 1. The molecule has 0 bridgehead atoms. The van der Waals surface area contributed by atoms with Crippen molar-refractivity contribution in [1.82, 2.24) is 9.88 Å². The molecule has 3 rings (SSSR count). The summed E-state index contributed by atoms with van der Waals surface area (Å²) in [7, 11) is 1.66. The molecule has 1 aromatic carbocycles. The molecule has 1 aromatic heterocycles. The second-order valence-corrected chi connectivity index (χ2v) is 5.80. The lowest BCUT2D eigenvalue weighted by Crippen LogP contribution is -2.33. The van der Waals surface area contributed by atoms with Crippen LogP contribution in [-0.2, 0) is 0 Å². The number of methoxy groups -OCH3 is 1. The lowest BCUT2D eigenvalue weighted by atomic mass is 9.98. The summed E-state index contributed by atoms with van der Waals surface area (Å²) >= 11 is 0. The average Bonchev–Trinajstić information content (AvgIpc) is 3.05. The molecule has 1 aliphatic heterocycles. The van der Waals surface area contributed by atoms with Gasteiger partial charge in [-0.25, -0.2) is 9.78 Å². The minimum atomic E-state index is -0.0842. The normalized spacial score (nSPS) is 17.1. The second kappa shape index (κ2) is 6.69. The van der Waals surface area contributed by atoms with E-state index in [1.165, 1.54) is 5.56 Å². The number of nitrogens with zero attached hydrogens (tertiary/aromatic N) is 2. The van der Waals surface area contributed by atoms with Crippen molar-refractivity contribution in [2.75, 3.05) is 25.5 Å². The topological polar surface area (TPSA) is 54.5 Å². The first kappa shape index (κ1) is 15.3. The number of pyridine rings is 1. The van der Waals surface area contributed by atoms with Gasteiger partial charge in [0.15, 0.2) is 0 Å². The number of anilines is 1. The summed E-state index contributed by atoms with van der Waals surface area (Å²) < 4.78 is 5.19. The molecule has 5 heteroatoms. The molecular formula is C18H21N3O2. The van der Waals surface area contributed by atoms with Crippen LogP contribution in [0.25, 0.3) is 0 Å². The SMILES string of the molecule is COc1ccc([C@@H]2CCN(C(=O)Nc3cccc(C)n3)C2)cc1. The summed E-state index contributed by atoms with van der Waals surface area (Å²) in [6.45, 7) is 3.39. The van der Waals surface area contributed by atoms with Gasteiger partial charge in [-0.05, 0) is 43.2 Å². The summed E-state index contributed by atoms with van der Waals surface area (Å²) in [5, 5.41) is 2.87. The molecule has 0 spiro atoms. The molecule has 2 heterocycles. The van der Waals surface area contributed by atoms with E-state index in [0.29, 0.717) is 11.7 Å². The fourth-order valence-electron chi connectivity index (χ4n) is 2.89. The van der Waals surface area contributed by atoms with Crippen molar-refractivity contribution in [2.24, 2.45) is 0 Å². The zero-order valence-electron chi connectivity index (χ0n) is 13.5. The highest BCUT2D eigenvalue weighted by Gasteiger charge is 2.27. The first-order chi connectivity index (χ1) is 11.2. The Hall–Kier alpha value is -2.56. The van der Waals surface area contributed by atoms with Crippen LogP contribution in [0.2, 0.25) is 0 Å². The van der Waals surface area contributed by atoms with Crippen LogP contribution < -0.4 is 10.1 Å². The van der Waals surface area contributed by atoms with Crippen molar-refractivity contribution in [3.05, 3.63) is 53.7 Å². The van der Waals surface area contributed by atoms with Crippen molar-refractivity contribution in [2.45, 2.75) is 19.3 Å². The lowest BCUT2D eigenvalue weighted by molar-refractivity contribution is 0.222. The maximum Gasteiger partial charge on any atom is 0.323 e. The van der Waals surface area contributed by atoms with Gasteiger partial charge >= 0.3 is 6.03 Å². The molecule has 2 aromatic rings. The van der Waals surface area contributed by atoms with E-state index in [-0.39, 0.29) is 6.03 Å². The number of amides is 2. The van der Waals surface area contributed by atoms with Crippen molar-refractivity contribution in [3.8, 4) is 5.75 Å². The van der Waals surface area contributed by atoms with Crippen molar-refractivity contribution >= 4 is 11.8 Å². The number of hydrogen-bond donors (Lipinski definition) is 1. The minimum absolute atomic E-state index is 0.0842. The van der Waals surface area contributed by atoms with E-state index < -0.39 is 0 Å². The Morgan fingerprint density at radius 2 is 2.04 bits per heavy atom. The van der Waals surface area contributed by atoms with Crippen LogP contribution in [-0.4, -0.2) is 36.1 Å². The minimum Gasteiger partial charge on any atom is -0.497 e.